The van der Waals surface area contributed by atoms with Crippen molar-refractivity contribution < 1.29 is 9.53 Å². The van der Waals surface area contributed by atoms with Crippen LogP contribution in [0.25, 0.3) is 0 Å². The highest BCUT2D eigenvalue weighted by atomic mass is 35.6. The van der Waals surface area contributed by atoms with Crippen molar-refractivity contribution in [1.29, 1.82) is 0 Å². The Morgan fingerprint density at radius 2 is 2.00 bits per heavy atom. The minimum absolute atomic E-state index is 0.187. The van der Waals surface area contributed by atoms with Crippen molar-refractivity contribution in [2.24, 2.45) is 16.1 Å². The number of alkyl halides is 3. The van der Waals surface area contributed by atoms with Crippen molar-refractivity contribution in [1.82, 2.24) is 10.3 Å². The van der Waals surface area contributed by atoms with Crippen molar-refractivity contribution in [2.45, 2.75) is 31.5 Å². The van der Waals surface area contributed by atoms with Gasteiger partial charge in [-0.1, -0.05) is 55.6 Å². The van der Waals surface area contributed by atoms with Gasteiger partial charge in [-0.05, 0) is 19.1 Å². The van der Waals surface area contributed by atoms with Crippen molar-refractivity contribution in [3.05, 3.63) is 35.8 Å². The first-order valence-electron chi connectivity index (χ1n) is 7.36. The van der Waals surface area contributed by atoms with E-state index in [2.05, 4.69) is 15.3 Å². The summed E-state index contributed by atoms with van der Waals surface area (Å²) in [5, 5.41) is 2.48. The Kier molecular flexibility index (Phi) is 7.53. The molecule has 0 aliphatic heterocycles. The summed E-state index contributed by atoms with van der Waals surface area (Å²) in [6, 6.07) is 3.56. The second-order valence-electron chi connectivity index (χ2n) is 6.32. The summed E-state index contributed by atoms with van der Waals surface area (Å²) in [5.41, 5.74) is 7.66. The summed E-state index contributed by atoms with van der Waals surface area (Å²) in [7, 11) is 0. The first kappa shape index (κ1) is 21.5. The molecular weight excluding hydrogens is 387 g/mol. The van der Waals surface area contributed by atoms with Gasteiger partial charge in [0.1, 0.15) is 12.4 Å². The van der Waals surface area contributed by atoms with Crippen LogP contribution in [0.5, 0.6) is 0 Å². The van der Waals surface area contributed by atoms with Crippen LogP contribution in [0.15, 0.2) is 35.1 Å². The van der Waals surface area contributed by atoms with E-state index in [0.29, 0.717) is 11.4 Å². The Hall–Kier alpha value is -1.50. The molecule has 0 saturated carbocycles. The lowest BCUT2D eigenvalue weighted by Crippen LogP contribution is -2.33. The predicted molar refractivity (Wildman–Crippen MR) is 103 cm³/mol. The minimum Gasteiger partial charge on any atom is -0.445 e. The van der Waals surface area contributed by atoms with Crippen LogP contribution >= 0.6 is 34.8 Å². The van der Waals surface area contributed by atoms with Gasteiger partial charge in [0.05, 0.1) is 11.9 Å². The maximum absolute atomic E-state index is 11.9. The lowest BCUT2D eigenvalue weighted by atomic mass is 9.92. The molecule has 1 aromatic heterocycles. The van der Waals surface area contributed by atoms with Crippen LogP contribution in [-0.4, -0.2) is 27.3 Å². The predicted octanol–water partition coefficient (Wildman–Crippen LogP) is 4.41. The molecule has 0 unspecified atom stereocenters. The van der Waals surface area contributed by atoms with E-state index in [4.69, 9.17) is 45.3 Å². The first-order valence-corrected chi connectivity index (χ1v) is 8.50. The van der Waals surface area contributed by atoms with Crippen LogP contribution in [0.1, 0.15) is 26.5 Å². The molecule has 1 amide bonds. The SMILES string of the molecule is Cc1ccc(N=C(C=C(N)C(C)(C)C)NC(=O)OCC(Cl)(Cl)Cl)cn1. The lowest BCUT2D eigenvalue weighted by molar-refractivity contribution is 0.154. The molecule has 0 bridgehead atoms. The molecule has 0 saturated heterocycles. The number of carbonyl (C=O) groups is 1. The summed E-state index contributed by atoms with van der Waals surface area (Å²) in [4.78, 5) is 20.4. The van der Waals surface area contributed by atoms with Crippen molar-refractivity contribution >= 4 is 52.4 Å². The number of aryl methyl sites for hydroxylation is 1. The van der Waals surface area contributed by atoms with Gasteiger partial charge < -0.3 is 10.5 Å². The molecule has 9 heteroatoms. The number of ether oxygens (including phenoxy) is 1. The van der Waals surface area contributed by atoms with Gasteiger partial charge >= 0.3 is 6.09 Å². The van der Waals surface area contributed by atoms with Crippen LogP contribution in [0.3, 0.4) is 0 Å². The standard InChI is InChI=1S/C16H21Cl3N4O2/c1-10-5-6-11(8-21-10)22-13(7-12(20)15(2,3)4)23-14(24)25-9-16(17,18)19/h5-8H,9,20H2,1-4H3,(H,22,23,24). The number of allylic oxidation sites excluding steroid dienone is 1. The zero-order valence-corrected chi connectivity index (χ0v) is 16.7. The molecule has 0 radical (unpaired) electrons. The van der Waals surface area contributed by atoms with Crippen LogP contribution in [-0.2, 0) is 4.74 Å². The number of halogens is 3. The summed E-state index contributed by atoms with van der Waals surface area (Å²) >= 11 is 16.7. The Morgan fingerprint density at radius 1 is 1.36 bits per heavy atom. The fourth-order valence-corrected chi connectivity index (χ4v) is 1.58. The largest absolute Gasteiger partial charge is 0.445 e. The normalized spacial score (nSPS) is 13.6. The number of carbonyl (C=O) groups excluding carboxylic acids is 1. The number of pyridine rings is 1. The van der Waals surface area contributed by atoms with Crippen LogP contribution < -0.4 is 11.1 Å². The highest BCUT2D eigenvalue weighted by molar-refractivity contribution is 6.67. The number of hydrogen-bond donors (Lipinski definition) is 2. The fraction of sp³-hybridized carbons (Fsp3) is 0.438. The molecule has 0 atom stereocenters. The Morgan fingerprint density at radius 3 is 2.48 bits per heavy atom. The van der Waals surface area contributed by atoms with Crippen molar-refractivity contribution in [3.8, 4) is 0 Å². The van der Waals surface area contributed by atoms with E-state index in [9.17, 15) is 4.79 Å². The van der Waals surface area contributed by atoms with Gasteiger partial charge in [-0.15, -0.1) is 0 Å². The average Bonchev–Trinajstić information content (AvgIpc) is 2.45. The third-order valence-corrected chi connectivity index (χ3v) is 3.23. The van der Waals surface area contributed by atoms with Gasteiger partial charge in [0, 0.05) is 22.9 Å². The number of nitrogens with zero attached hydrogens (tertiary/aromatic N) is 2. The van der Waals surface area contributed by atoms with Gasteiger partial charge in [-0.3, -0.25) is 10.3 Å². The number of amides is 1. The van der Waals surface area contributed by atoms with E-state index in [1.165, 1.54) is 0 Å². The molecule has 0 spiro atoms. The van der Waals surface area contributed by atoms with E-state index < -0.39 is 16.5 Å². The van der Waals surface area contributed by atoms with Gasteiger partial charge in [0.2, 0.25) is 3.79 Å². The maximum Gasteiger partial charge on any atom is 0.412 e. The molecule has 138 valence electrons. The third kappa shape index (κ3) is 8.95. The highest BCUT2D eigenvalue weighted by Crippen LogP contribution is 2.26. The van der Waals surface area contributed by atoms with E-state index in [1.807, 2.05) is 27.7 Å². The Balaban J connectivity index is 3.03. The van der Waals surface area contributed by atoms with Crippen molar-refractivity contribution in [3.63, 3.8) is 0 Å². The van der Waals surface area contributed by atoms with Gasteiger partial charge in [0.25, 0.3) is 0 Å². The molecule has 6 nitrogen and oxygen atoms in total. The van der Waals surface area contributed by atoms with E-state index in [1.54, 1.807) is 24.4 Å². The van der Waals surface area contributed by atoms with Crippen LogP contribution in [0.4, 0.5) is 10.5 Å². The molecule has 0 aliphatic carbocycles. The Labute approximate surface area is 162 Å². The van der Waals surface area contributed by atoms with E-state index in [0.717, 1.165) is 5.69 Å². The highest BCUT2D eigenvalue weighted by Gasteiger charge is 2.22. The summed E-state index contributed by atoms with van der Waals surface area (Å²) in [6.07, 6.45) is 2.31. The second-order valence-corrected chi connectivity index (χ2v) is 8.84. The smallest absolute Gasteiger partial charge is 0.412 e. The zero-order valence-electron chi connectivity index (χ0n) is 14.4. The molecule has 1 aromatic rings. The molecule has 0 fully saturated rings. The number of hydrogen-bond acceptors (Lipinski definition) is 5. The van der Waals surface area contributed by atoms with Crippen molar-refractivity contribution in [2.75, 3.05) is 6.61 Å². The number of nitrogens with two attached hydrogens (primary N) is 1. The van der Waals surface area contributed by atoms with Gasteiger partial charge in [0.15, 0.2) is 0 Å². The number of amidine groups is 1. The number of nitrogens with one attached hydrogen (secondary N) is 1. The Bertz CT molecular complexity index is 659. The molecule has 1 rings (SSSR count). The van der Waals surface area contributed by atoms with Gasteiger partial charge in [-0.25, -0.2) is 9.79 Å². The molecule has 1 heterocycles. The molecule has 0 aromatic carbocycles. The number of aromatic nitrogens is 1. The van der Waals surface area contributed by atoms with E-state index >= 15 is 0 Å². The topological polar surface area (TPSA) is 89.6 Å². The third-order valence-electron chi connectivity index (χ3n) is 2.90. The zero-order chi connectivity index (χ0) is 19.3. The number of alkyl carbamates (subject to hydrolysis) is 1. The average molecular weight is 408 g/mol. The van der Waals surface area contributed by atoms with Gasteiger partial charge in [-0.2, -0.15) is 0 Å². The summed E-state index contributed by atoms with van der Waals surface area (Å²) in [5.74, 6) is 0.187. The maximum atomic E-state index is 11.9. The number of aliphatic imine (C=N–C) groups is 1. The second kappa shape index (κ2) is 8.74. The van der Waals surface area contributed by atoms with E-state index in [-0.39, 0.29) is 11.3 Å². The molecule has 0 aliphatic rings. The minimum atomic E-state index is -1.70. The van der Waals surface area contributed by atoms with Crippen LogP contribution in [0, 0.1) is 12.3 Å². The van der Waals surface area contributed by atoms with Crippen LogP contribution in [0.2, 0.25) is 0 Å². The number of rotatable bonds is 3. The summed E-state index contributed by atoms with van der Waals surface area (Å²) < 4.78 is 3.15. The molecule has 25 heavy (non-hydrogen) atoms. The molecular formula is C16H21Cl3N4O2. The molecule has 3 N–H and O–H groups in total. The first-order chi connectivity index (χ1) is 11.4. The summed E-state index contributed by atoms with van der Waals surface area (Å²) in [6.45, 7) is 7.26. The quantitative estimate of drug-likeness (QED) is 0.441. The fourth-order valence-electron chi connectivity index (χ4n) is 1.41. The lowest BCUT2D eigenvalue weighted by Gasteiger charge is -2.19. The monoisotopic (exact) mass is 406 g/mol.